The van der Waals surface area contributed by atoms with Crippen LogP contribution in [0.3, 0.4) is 0 Å². The minimum atomic E-state index is 0.0715. The van der Waals surface area contributed by atoms with E-state index in [0.29, 0.717) is 11.8 Å². The lowest BCUT2D eigenvalue weighted by molar-refractivity contribution is -0.128. The fourth-order valence-corrected chi connectivity index (χ4v) is 5.74. The van der Waals surface area contributed by atoms with Gasteiger partial charge in [-0.1, -0.05) is 56.3 Å². The van der Waals surface area contributed by atoms with E-state index in [1.54, 1.807) is 13.2 Å². The molecule has 4 nitrogen and oxygen atoms in total. The van der Waals surface area contributed by atoms with Crippen molar-refractivity contribution in [2.75, 3.05) is 20.2 Å². The Labute approximate surface area is 207 Å². The predicted octanol–water partition coefficient (Wildman–Crippen LogP) is 7.48. The number of allylic oxidation sites excluding steroid dienone is 1. The summed E-state index contributed by atoms with van der Waals surface area (Å²) < 4.78 is 11.9. The van der Waals surface area contributed by atoms with Crippen LogP contribution in [-0.4, -0.2) is 31.0 Å². The molecule has 1 amide bonds. The molecular formula is C31H33NO3. The van der Waals surface area contributed by atoms with Crippen molar-refractivity contribution in [1.29, 1.82) is 0 Å². The number of likely N-dealkylation sites (tertiary alicyclic amines) is 1. The van der Waals surface area contributed by atoms with E-state index in [9.17, 15) is 4.79 Å². The molecule has 0 radical (unpaired) electrons. The van der Waals surface area contributed by atoms with E-state index < -0.39 is 0 Å². The minimum Gasteiger partial charge on any atom is -0.496 e. The molecule has 3 aromatic carbocycles. The third kappa shape index (κ3) is 4.22. The zero-order chi connectivity index (χ0) is 24.7. The first-order chi connectivity index (χ1) is 16.9. The van der Waals surface area contributed by atoms with E-state index >= 15 is 0 Å². The Morgan fingerprint density at radius 2 is 1.74 bits per heavy atom. The van der Waals surface area contributed by atoms with Gasteiger partial charge in [-0.25, -0.2) is 0 Å². The second kappa shape index (κ2) is 9.26. The summed E-state index contributed by atoms with van der Waals surface area (Å²) in [7, 11) is 1.68. The number of methoxy groups -OCH3 is 1. The van der Waals surface area contributed by atoms with Crippen molar-refractivity contribution in [2.45, 2.75) is 34.1 Å². The van der Waals surface area contributed by atoms with Gasteiger partial charge < -0.3 is 14.1 Å². The van der Waals surface area contributed by atoms with Gasteiger partial charge in [0.1, 0.15) is 11.3 Å². The van der Waals surface area contributed by atoms with E-state index in [1.165, 1.54) is 17.2 Å². The summed E-state index contributed by atoms with van der Waals surface area (Å²) in [5, 5.41) is 3.40. The number of aryl methyl sites for hydroxylation is 1. The van der Waals surface area contributed by atoms with E-state index in [2.05, 4.69) is 62.4 Å². The molecule has 1 saturated heterocycles. The van der Waals surface area contributed by atoms with Crippen LogP contribution in [0, 0.1) is 18.8 Å². The van der Waals surface area contributed by atoms with E-state index in [-0.39, 0.29) is 5.91 Å². The maximum Gasteiger partial charge on any atom is 0.246 e. The molecule has 2 unspecified atom stereocenters. The number of carbonyl (C=O) groups excluding carboxylic acids is 1. The lowest BCUT2D eigenvalue weighted by atomic mass is 9.91. The van der Waals surface area contributed by atoms with E-state index in [0.717, 1.165) is 57.6 Å². The van der Waals surface area contributed by atoms with E-state index in [4.69, 9.17) is 9.15 Å². The molecule has 35 heavy (non-hydrogen) atoms. The summed E-state index contributed by atoms with van der Waals surface area (Å²) in [5.41, 5.74) is 5.74. The van der Waals surface area contributed by atoms with Crippen LogP contribution >= 0.6 is 0 Å². The largest absolute Gasteiger partial charge is 0.496 e. The summed E-state index contributed by atoms with van der Waals surface area (Å²) >= 11 is 0. The number of ether oxygens (including phenoxy) is 1. The molecule has 1 fully saturated rings. The Hall–Kier alpha value is -3.53. The Bertz CT molecular complexity index is 1430. The Morgan fingerprint density at radius 3 is 2.49 bits per heavy atom. The average molecular weight is 468 g/mol. The van der Waals surface area contributed by atoms with Gasteiger partial charge in [0.15, 0.2) is 0 Å². The van der Waals surface area contributed by atoms with Gasteiger partial charge in [0, 0.05) is 41.2 Å². The third-order valence-electron chi connectivity index (χ3n) is 7.27. The molecule has 2 heterocycles. The van der Waals surface area contributed by atoms with Gasteiger partial charge >= 0.3 is 0 Å². The molecule has 2 atom stereocenters. The maximum absolute atomic E-state index is 13.2. The molecule has 0 aliphatic carbocycles. The molecule has 1 aliphatic heterocycles. The molecule has 0 bridgehead atoms. The van der Waals surface area contributed by atoms with Crippen LogP contribution in [0.2, 0.25) is 0 Å². The van der Waals surface area contributed by atoms with Crippen LogP contribution in [0.5, 0.6) is 5.75 Å². The Balaban J connectivity index is 1.62. The highest BCUT2D eigenvalue weighted by atomic mass is 16.5. The monoisotopic (exact) mass is 467 g/mol. The molecule has 0 spiro atoms. The first-order valence-corrected chi connectivity index (χ1v) is 12.4. The number of carbonyl (C=O) groups is 1. The van der Waals surface area contributed by atoms with Crippen LogP contribution < -0.4 is 4.74 Å². The average Bonchev–Trinajstić information content (AvgIpc) is 3.27. The maximum atomic E-state index is 13.2. The van der Waals surface area contributed by atoms with Crippen molar-refractivity contribution >= 4 is 33.2 Å². The van der Waals surface area contributed by atoms with Crippen LogP contribution in [-0.2, 0) is 4.79 Å². The third-order valence-corrected chi connectivity index (χ3v) is 7.27. The molecule has 0 saturated carbocycles. The highest BCUT2D eigenvalue weighted by Crippen LogP contribution is 2.42. The molecule has 1 aliphatic rings. The standard InChI is InChI=1S/C31H33NO3/c1-19-13-20(2)17-32(16-19)29(33)14-21(3)26-15-27-28(18-35-31(27)22(4)30(26)34-5)25-12-8-10-23-9-6-7-11-24(23)25/h6-12,14-15,18-20H,13,16-17H2,1-5H3/b21-14+. The first-order valence-electron chi connectivity index (χ1n) is 12.4. The van der Waals surface area contributed by atoms with Crippen LogP contribution in [0.25, 0.3) is 38.4 Å². The van der Waals surface area contributed by atoms with E-state index in [1.807, 2.05) is 25.0 Å². The number of hydrogen-bond donors (Lipinski definition) is 0. The van der Waals surface area contributed by atoms with Crippen LogP contribution in [0.15, 0.2) is 65.3 Å². The van der Waals surface area contributed by atoms with Gasteiger partial charge in [0.05, 0.1) is 13.4 Å². The summed E-state index contributed by atoms with van der Waals surface area (Å²) in [5.74, 6) is 1.87. The van der Waals surface area contributed by atoms with Crippen molar-refractivity contribution in [3.8, 4) is 16.9 Å². The molecule has 0 N–H and O–H groups in total. The second-order valence-electron chi connectivity index (χ2n) is 10.2. The second-order valence-corrected chi connectivity index (χ2v) is 10.2. The fourth-order valence-electron chi connectivity index (χ4n) is 5.74. The number of rotatable bonds is 4. The molecular weight excluding hydrogens is 434 g/mol. The summed E-state index contributed by atoms with van der Waals surface area (Å²) in [6, 6.07) is 16.8. The lowest BCUT2D eigenvalue weighted by Crippen LogP contribution is -2.41. The zero-order valence-electron chi connectivity index (χ0n) is 21.2. The number of benzene rings is 3. The van der Waals surface area contributed by atoms with Crippen molar-refractivity contribution in [2.24, 2.45) is 11.8 Å². The van der Waals surface area contributed by atoms with Crippen LogP contribution in [0.4, 0.5) is 0 Å². The minimum absolute atomic E-state index is 0.0715. The Kier molecular flexibility index (Phi) is 6.14. The number of nitrogens with zero attached hydrogens (tertiary/aromatic N) is 1. The number of hydrogen-bond acceptors (Lipinski definition) is 3. The highest BCUT2D eigenvalue weighted by molar-refractivity contribution is 6.07. The van der Waals surface area contributed by atoms with Crippen molar-refractivity contribution in [3.05, 3.63) is 72.0 Å². The van der Waals surface area contributed by atoms with Crippen molar-refractivity contribution in [3.63, 3.8) is 0 Å². The molecule has 180 valence electrons. The smallest absolute Gasteiger partial charge is 0.246 e. The summed E-state index contributed by atoms with van der Waals surface area (Å²) in [6.07, 6.45) is 4.78. The Morgan fingerprint density at radius 1 is 1.03 bits per heavy atom. The molecule has 4 aromatic rings. The predicted molar refractivity (Wildman–Crippen MR) is 144 cm³/mol. The van der Waals surface area contributed by atoms with Gasteiger partial charge in [-0.15, -0.1) is 0 Å². The van der Waals surface area contributed by atoms with Gasteiger partial charge in [0.2, 0.25) is 5.91 Å². The van der Waals surface area contributed by atoms with Gasteiger partial charge in [-0.3, -0.25) is 4.79 Å². The molecule has 5 rings (SSSR count). The zero-order valence-corrected chi connectivity index (χ0v) is 21.2. The number of furan rings is 1. The lowest BCUT2D eigenvalue weighted by Gasteiger charge is -2.34. The number of fused-ring (bicyclic) bond motifs is 2. The number of amides is 1. The topological polar surface area (TPSA) is 42.7 Å². The van der Waals surface area contributed by atoms with Crippen LogP contribution in [0.1, 0.15) is 38.3 Å². The normalized spacial score (nSPS) is 18.9. The number of piperidine rings is 1. The van der Waals surface area contributed by atoms with Crippen molar-refractivity contribution < 1.29 is 13.9 Å². The summed E-state index contributed by atoms with van der Waals surface area (Å²) in [6.45, 7) is 10.1. The van der Waals surface area contributed by atoms with Gasteiger partial charge in [-0.05, 0) is 60.1 Å². The summed E-state index contributed by atoms with van der Waals surface area (Å²) in [4.78, 5) is 15.2. The van der Waals surface area contributed by atoms with Gasteiger partial charge in [-0.2, -0.15) is 0 Å². The van der Waals surface area contributed by atoms with Crippen molar-refractivity contribution in [1.82, 2.24) is 4.90 Å². The first kappa shape index (κ1) is 23.2. The fraction of sp³-hybridized carbons (Fsp3) is 0.323. The molecule has 4 heteroatoms. The SMILES string of the molecule is COc1c(/C(C)=C/C(=O)N2CC(C)CC(C)C2)cc2c(-c3cccc4ccccc34)coc2c1C. The highest BCUT2D eigenvalue weighted by Gasteiger charge is 2.25. The van der Waals surface area contributed by atoms with Gasteiger partial charge in [0.25, 0.3) is 0 Å². The quantitative estimate of drug-likeness (QED) is 0.292. The molecule has 1 aromatic heterocycles.